The van der Waals surface area contributed by atoms with Crippen LogP contribution in [0.15, 0.2) is 35.1 Å². The second-order valence-corrected chi connectivity index (χ2v) is 4.78. The Morgan fingerprint density at radius 3 is 2.00 bits per heavy atom. The van der Waals surface area contributed by atoms with Gasteiger partial charge in [-0.2, -0.15) is 0 Å². The third-order valence-corrected chi connectivity index (χ3v) is 2.81. The maximum Gasteiger partial charge on any atom is 0.178 e. The van der Waals surface area contributed by atoms with Crippen molar-refractivity contribution >= 4 is 0 Å². The molecule has 0 spiro atoms. The Morgan fingerprint density at radius 2 is 1.47 bits per heavy atom. The van der Waals surface area contributed by atoms with Gasteiger partial charge in [0.15, 0.2) is 5.43 Å². The molecule has 1 aromatic carbocycles. The quantitative estimate of drug-likeness (QED) is 0.737. The van der Waals surface area contributed by atoms with Crippen LogP contribution < -0.4 is 5.43 Å². The van der Waals surface area contributed by atoms with Crippen molar-refractivity contribution in [3.8, 4) is 0 Å². The Kier molecular flexibility index (Phi) is 4.07. The van der Waals surface area contributed by atoms with Gasteiger partial charge < -0.3 is 0 Å². The standard InChI is InChI=1S/C14H20O/c1-10(2)14(11(3)4)12-6-5-7-13(15)9-8-12/h5-11,14H,1-4H3. The average molecular weight is 204 g/mol. The maximum atomic E-state index is 11.2. The van der Waals surface area contributed by atoms with Gasteiger partial charge in [0.25, 0.3) is 0 Å². The summed E-state index contributed by atoms with van der Waals surface area (Å²) < 4.78 is 0. The van der Waals surface area contributed by atoms with Crippen molar-refractivity contribution < 1.29 is 0 Å². The van der Waals surface area contributed by atoms with Gasteiger partial charge >= 0.3 is 0 Å². The Bertz CT molecular complexity index is 358. The fourth-order valence-corrected chi connectivity index (χ4v) is 2.31. The van der Waals surface area contributed by atoms with E-state index >= 15 is 0 Å². The molecule has 0 aliphatic heterocycles. The first-order valence-corrected chi connectivity index (χ1v) is 5.62. The van der Waals surface area contributed by atoms with E-state index in [1.807, 2.05) is 12.1 Å². The van der Waals surface area contributed by atoms with E-state index < -0.39 is 0 Å². The molecule has 1 aromatic rings. The lowest BCUT2D eigenvalue weighted by molar-refractivity contribution is 0.388. The van der Waals surface area contributed by atoms with E-state index in [2.05, 4.69) is 33.8 Å². The summed E-state index contributed by atoms with van der Waals surface area (Å²) in [5, 5.41) is 0. The lowest BCUT2D eigenvalue weighted by atomic mass is 9.81. The van der Waals surface area contributed by atoms with Gasteiger partial charge in [-0.05, 0) is 35.4 Å². The summed E-state index contributed by atoms with van der Waals surface area (Å²) >= 11 is 0. The van der Waals surface area contributed by atoms with Gasteiger partial charge in [-0.15, -0.1) is 0 Å². The normalized spacial score (nSPS) is 11.4. The maximum absolute atomic E-state index is 11.2. The molecule has 0 aliphatic rings. The number of hydrogen-bond donors (Lipinski definition) is 0. The molecule has 0 atom stereocenters. The number of hydrogen-bond acceptors (Lipinski definition) is 1. The molecule has 1 nitrogen and oxygen atoms in total. The highest BCUT2D eigenvalue weighted by Gasteiger charge is 2.18. The van der Waals surface area contributed by atoms with E-state index in [4.69, 9.17) is 0 Å². The van der Waals surface area contributed by atoms with Gasteiger partial charge in [0.05, 0.1) is 0 Å². The highest BCUT2D eigenvalue weighted by atomic mass is 16.1. The third kappa shape index (κ3) is 3.19. The van der Waals surface area contributed by atoms with Gasteiger partial charge in [0.2, 0.25) is 0 Å². The van der Waals surface area contributed by atoms with Gasteiger partial charge in [0.1, 0.15) is 0 Å². The van der Waals surface area contributed by atoms with Crippen LogP contribution >= 0.6 is 0 Å². The van der Waals surface area contributed by atoms with Crippen LogP contribution in [0.25, 0.3) is 0 Å². The van der Waals surface area contributed by atoms with Crippen LogP contribution in [-0.4, -0.2) is 0 Å². The fourth-order valence-electron chi connectivity index (χ4n) is 2.31. The van der Waals surface area contributed by atoms with E-state index in [-0.39, 0.29) is 5.43 Å². The molecule has 0 heterocycles. The van der Waals surface area contributed by atoms with Crippen LogP contribution in [0.2, 0.25) is 0 Å². The van der Waals surface area contributed by atoms with Gasteiger partial charge in [0, 0.05) is 0 Å². The third-order valence-electron chi connectivity index (χ3n) is 2.81. The molecule has 0 radical (unpaired) electrons. The fraction of sp³-hybridized carbons (Fsp3) is 0.500. The first kappa shape index (κ1) is 12.0. The van der Waals surface area contributed by atoms with Gasteiger partial charge in [-0.25, -0.2) is 0 Å². The minimum Gasteiger partial charge on any atom is -0.290 e. The second kappa shape index (κ2) is 5.11. The minimum absolute atomic E-state index is 0.0764. The van der Waals surface area contributed by atoms with Crippen molar-refractivity contribution in [2.75, 3.05) is 0 Å². The predicted molar refractivity (Wildman–Crippen MR) is 65.1 cm³/mol. The SMILES string of the molecule is CC(C)C(c1cccc(=O)cc1)C(C)C. The molecular weight excluding hydrogens is 184 g/mol. The molecule has 82 valence electrons. The molecule has 0 N–H and O–H groups in total. The summed E-state index contributed by atoms with van der Waals surface area (Å²) in [6, 6.07) is 9.16. The zero-order chi connectivity index (χ0) is 11.4. The molecule has 0 aromatic heterocycles. The first-order chi connectivity index (χ1) is 7.02. The molecule has 15 heavy (non-hydrogen) atoms. The van der Waals surface area contributed by atoms with E-state index in [1.54, 1.807) is 12.1 Å². The molecular formula is C14H20O. The smallest absolute Gasteiger partial charge is 0.178 e. The molecule has 0 fully saturated rings. The summed E-state index contributed by atoms with van der Waals surface area (Å²) in [6.07, 6.45) is 0. The van der Waals surface area contributed by atoms with Crippen molar-refractivity contribution in [3.05, 3.63) is 46.1 Å². The van der Waals surface area contributed by atoms with E-state index in [0.29, 0.717) is 17.8 Å². The Balaban J connectivity index is 3.13. The summed E-state index contributed by atoms with van der Waals surface area (Å²) in [5.74, 6) is 1.72. The van der Waals surface area contributed by atoms with Crippen LogP contribution in [0.4, 0.5) is 0 Å². The van der Waals surface area contributed by atoms with Crippen LogP contribution in [0.1, 0.15) is 39.2 Å². The molecule has 0 saturated carbocycles. The van der Waals surface area contributed by atoms with Gasteiger partial charge in [-0.1, -0.05) is 45.9 Å². The molecule has 0 unspecified atom stereocenters. The second-order valence-electron chi connectivity index (χ2n) is 4.78. The van der Waals surface area contributed by atoms with Crippen LogP contribution in [0.3, 0.4) is 0 Å². The van der Waals surface area contributed by atoms with Crippen LogP contribution in [-0.2, 0) is 0 Å². The molecule has 0 saturated heterocycles. The minimum atomic E-state index is 0.0764. The lowest BCUT2D eigenvalue weighted by Crippen LogP contribution is -2.12. The lowest BCUT2D eigenvalue weighted by Gasteiger charge is -2.24. The number of rotatable bonds is 3. The summed E-state index contributed by atoms with van der Waals surface area (Å²) in [4.78, 5) is 11.2. The van der Waals surface area contributed by atoms with Crippen molar-refractivity contribution in [3.63, 3.8) is 0 Å². The molecule has 0 aliphatic carbocycles. The van der Waals surface area contributed by atoms with E-state index in [9.17, 15) is 4.79 Å². The Hall–Kier alpha value is -1.11. The van der Waals surface area contributed by atoms with Crippen molar-refractivity contribution in [2.24, 2.45) is 11.8 Å². The van der Waals surface area contributed by atoms with Crippen LogP contribution in [0.5, 0.6) is 0 Å². The molecule has 0 amide bonds. The molecule has 1 heteroatoms. The predicted octanol–water partition coefficient (Wildman–Crippen LogP) is 3.44. The summed E-state index contributed by atoms with van der Waals surface area (Å²) in [6.45, 7) is 8.93. The highest BCUT2D eigenvalue weighted by Crippen LogP contribution is 2.30. The highest BCUT2D eigenvalue weighted by molar-refractivity contribution is 5.19. The van der Waals surface area contributed by atoms with E-state index in [1.165, 1.54) is 5.56 Å². The monoisotopic (exact) mass is 204 g/mol. The van der Waals surface area contributed by atoms with Crippen molar-refractivity contribution in [1.29, 1.82) is 0 Å². The summed E-state index contributed by atoms with van der Waals surface area (Å²) in [5.41, 5.74) is 1.34. The Labute approximate surface area is 92.2 Å². The molecule has 0 bridgehead atoms. The van der Waals surface area contributed by atoms with Crippen molar-refractivity contribution in [2.45, 2.75) is 33.6 Å². The first-order valence-electron chi connectivity index (χ1n) is 5.62. The van der Waals surface area contributed by atoms with Crippen molar-refractivity contribution in [1.82, 2.24) is 0 Å². The van der Waals surface area contributed by atoms with E-state index in [0.717, 1.165) is 0 Å². The Morgan fingerprint density at radius 1 is 0.867 bits per heavy atom. The average Bonchev–Trinajstić information content (AvgIpc) is 2.30. The van der Waals surface area contributed by atoms with Crippen LogP contribution in [0, 0.1) is 11.8 Å². The largest absolute Gasteiger partial charge is 0.290 e. The summed E-state index contributed by atoms with van der Waals surface area (Å²) in [7, 11) is 0. The molecule has 1 rings (SSSR count). The zero-order valence-electron chi connectivity index (χ0n) is 10.0. The zero-order valence-corrected chi connectivity index (χ0v) is 10.0. The van der Waals surface area contributed by atoms with Gasteiger partial charge in [-0.3, -0.25) is 4.79 Å². The topological polar surface area (TPSA) is 17.1 Å².